The molecule has 1 aliphatic rings. The van der Waals surface area contributed by atoms with Gasteiger partial charge in [-0.3, -0.25) is 4.57 Å². The van der Waals surface area contributed by atoms with Crippen molar-refractivity contribution in [1.82, 2.24) is 14.5 Å². The van der Waals surface area contributed by atoms with E-state index in [1.165, 1.54) is 5.56 Å². The number of rotatable bonds is 4. The Morgan fingerprint density at radius 2 is 2.26 bits per heavy atom. The number of nitrogens with zero attached hydrogens (tertiary/aromatic N) is 3. The zero-order valence-corrected chi connectivity index (χ0v) is 13.1. The summed E-state index contributed by atoms with van der Waals surface area (Å²) >= 11 is 0. The zero-order valence-electron chi connectivity index (χ0n) is 13.1. The maximum atomic E-state index is 5.89. The average molecular weight is 309 g/mol. The number of aromatic nitrogens is 3. The molecule has 2 aromatic heterocycles. The van der Waals surface area contributed by atoms with Crippen LogP contribution >= 0.6 is 0 Å². The van der Waals surface area contributed by atoms with E-state index in [0.29, 0.717) is 0 Å². The molecule has 1 atom stereocenters. The van der Waals surface area contributed by atoms with E-state index in [2.05, 4.69) is 15.6 Å². The van der Waals surface area contributed by atoms with Crippen LogP contribution in [-0.2, 0) is 11.2 Å². The van der Waals surface area contributed by atoms with Gasteiger partial charge in [-0.25, -0.2) is 9.97 Å². The van der Waals surface area contributed by atoms with E-state index < -0.39 is 0 Å². The molecule has 0 aliphatic carbocycles. The summed E-state index contributed by atoms with van der Waals surface area (Å²) in [6.45, 7) is 0.801. The van der Waals surface area contributed by atoms with E-state index in [0.717, 1.165) is 48.6 Å². The minimum atomic E-state index is 0.0375. The SMILES string of the molecule is COc1cccc(Cc2nc3cccnc3n2C2CCCO2)c1. The molecule has 4 rings (SSSR count). The minimum Gasteiger partial charge on any atom is -0.497 e. The standard InChI is InChI=1S/C18H19N3O2/c1-22-14-6-2-5-13(11-14)12-16-20-15-7-3-9-19-18(15)21(16)17-8-4-10-23-17/h2-3,5-7,9,11,17H,4,8,10,12H2,1H3. The molecule has 1 aliphatic heterocycles. The van der Waals surface area contributed by atoms with E-state index in [4.69, 9.17) is 14.5 Å². The Morgan fingerprint density at radius 3 is 3.09 bits per heavy atom. The molecule has 0 saturated carbocycles. The second-order valence-electron chi connectivity index (χ2n) is 5.74. The summed E-state index contributed by atoms with van der Waals surface area (Å²) in [5, 5.41) is 0. The smallest absolute Gasteiger partial charge is 0.162 e. The first-order valence-electron chi connectivity index (χ1n) is 7.91. The molecule has 118 valence electrons. The molecule has 5 heteroatoms. The second kappa shape index (κ2) is 6.01. The maximum absolute atomic E-state index is 5.89. The number of benzene rings is 1. The van der Waals surface area contributed by atoms with Crippen LogP contribution in [0.3, 0.4) is 0 Å². The molecule has 5 nitrogen and oxygen atoms in total. The van der Waals surface area contributed by atoms with Crippen LogP contribution in [0.4, 0.5) is 0 Å². The molecule has 3 heterocycles. The predicted molar refractivity (Wildman–Crippen MR) is 87.6 cm³/mol. The van der Waals surface area contributed by atoms with Crippen LogP contribution < -0.4 is 4.74 Å². The number of methoxy groups -OCH3 is 1. The van der Waals surface area contributed by atoms with Gasteiger partial charge in [0.25, 0.3) is 0 Å². The number of fused-ring (bicyclic) bond motifs is 1. The highest BCUT2D eigenvalue weighted by atomic mass is 16.5. The topological polar surface area (TPSA) is 49.2 Å². The van der Waals surface area contributed by atoms with Crippen LogP contribution in [0.25, 0.3) is 11.2 Å². The highest BCUT2D eigenvalue weighted by Crippen LogP contribution is 2.29. The summed E-state index contributed by atoms with van der Waals surface area (Å²) in [6, 6.07) is 12.0. The minimum absolute atomic E-state index is 0.0375. The summed E-state index contributed by atoms with van der Waals surface area (Å²) in [5.74, 6) is 1.85. The lowest BCUT2D eigenvalue weighted by Crippen LogP contribution is -2.12. The van der Waals surface area contributed by atoms with Crippen LogP contribution in [0.1, 0.15) is 30.5 Å². The molecule has 23 heavy (non-hydrogen) atoms. The molecule has 1 unspecified atom stereocenters. The molecule has 0 N–H and O–H groups in total. The van der Waals surface area contributed by atoms with Crippen LogP contribution in [-0.4, -0.2) is 28.3 Å². The Labute approximate surface area is 134 Å². The van der Waals surface area contributed by atoms with Crippen LogP contribution in [0.5, 0.6) is 5.75 Å². The van der Waals surface area contributed by atoms with Gasteiger partial charge in [0.15, 0.2) is 5.65 Å². The number of imidazole rings is 1. The van der Waals surface area contributed by atoms with Gasteiger partial charge >= 0.3 is 0 Å². The van der Waals surface area contributed by atoms with Crippen LogP contribution in [0.15, 0.2) is 42.6 Å². The molecule has 1 fully saturated rings. The first-order valence-corrected chi connectivity index (χ1v) is 7.91. The molecule has 0 bridgehead atoms. The summed E-state index contributed by atoms with van der Waals surface area (Å²) in [7, 11) is 1.69. The lowest BCUT2D eigenvalue weighted by atomic mass is 10.1. The molecule has 1 aromatic carbocycles. The summed E-state index contributed by atoms with van der Waals surface area (Å²) in [4.78, 5) is 9.31. The fourth-order valence-electron chi connectivity index (χ4n) is 3.13. The largest absolute Gasteiger partial charge is 0.497 e. The Balaban J connectivity index is 1.77. The van der Waals surface area contributed by atoms with Gasteiger partial charge in [0, 0.05) is 19.2 Å². The predicted octanol–water partition coefficient (Wildman–Crippen LogP) is 3.34. The van der Waals surface area contributed by atoms with Crippen molar-refractivity contribution in [3.63, 3.8) is 0 Å². The Morgan fingerprint density at radius 1 is 1.30 bits per heavy atom. The van der Waals surface area contributed by atoms with Gasteiger partial charge < -0.3 is 9.47 Å². The third-order valence-corrected chi connectivity index (χ3v) is 4.21. The first kappa shape index (κ1) is 14.2. The van der Waals surface area contributed by atoms with Crippen molar-refractivity contribution in [2.24, 2.45) is 0 Å². The summed E-state index contributed by atoms with van der Waals surface area (Å²) < 4.78 is 13.4. The van der Waals surface area contributed by atoms with E-state index in [9.17, 15) is 0 Å². The van der Waals surface area contributed by atoms with Crippen molar-refractivity contribution in [2.45, 2.75) is 25.5 Å². The van der Waals surface area contributed by atoms with E-state index in [1.807, 2.05) is 36.5 Å². The summed E-state index contributed by atoms with van der Waals surface area (Å²) in [6.07, 6.45) is 4.66. The summed E-state index contributed by atoms with van der Waals surface area (Å²) in [5.41, 5.74) is 2.98. The van der Waals surface area contributed by atoms with Gasteiger partial charge in [-0.05, 0) is 42.7 Å². The average Bonchev–Trinajstić information content (AvgIpc) is 3.21. The van der Waals surface area contributed by atoms with E-state index in [1.54, 1.807) is 7.11 Å². The normalized spacial score (nSPS) is 17.7. The number of pyridine rings is 1. The molecular formula is C18H19N3O2. The first-order chi connectivity index (χ1) is 11.3. The van der Waals surface area contributed by atoms with Crippen LogP contribution in [0.2, 0.25) is 0 Å². The van der Waals surface area contributed by atoms with Crippen molar-refractivity contribution in [1.29, 1.82) is 0 Å². The molecule has 1 saturated heterocycles. The third-order valence-electron chi connectivity index (χ3n) is 4.21. The van der Waals surface area contributed by atoms with Gasteiger partial charge in [0.2, 0.25) is 0 Å². The van der Waals surface area contributed by atoms with Gasteiger partial charge in [-0.2, -0.15) is 0 Å². The lowest BCUT2D eigenvalue weighted by Gasteiger charge is -2.15. The fraction of sp³-hybridized carbons (Fsp3) is 0.333. The van der Waals surface area contributed by atoms with Gasteiger partial charge in [0.05, 0.1) is 7.11 Å². The highest BCUT2D eigenvalue weighted by molar-refractivity contribution is 5.71. The lowest BCUT2D eigenvalue weighted by molar-refractivity contribution is 0.0573. The molecular weight excluding hydrogens is 290 g/mol. The Bertz CT molecular complexity index is 822. The number of hydrogen-bond acceptors (Lipinski definition) is 4. The Hall–Kier alpha value is -2.40. The van der Waals surface area contributed by atoms with Crippen molar-refractivity contribution in [3.05, 3.63) is 54.0 Å². The molecule has 0 amide bonds. The van der Waals surface area contributed by atoms with Crippen molar-refractivity contribution >= 4 is 11.2 Å². The highest BCUT2D eigenvalue weighted by Gasteiger charge is 2.24. The maximum Gasteiger partial charge on any atom is 0.162 e. The van der Waals surface area contributed by atoms with Crippen LogP contribution in [0, 0.1) is 0 Å². The third kappa shape index (κ3) is 2.68. The van der Waals surface area contributed by atoms with Crippen molar-refractivity contribution in [2.75, 3.05) is 13.7 Å². The fourth-order valence-corrected chi connectivity index (χ4v) is 3.13. The molecule has 0 spiro atoms. The van der Waals surface area contributed by atoms with E-state index >= 15 is 0 Å². The quantitative estimate of drug-likeness (QED) is 0.741. The van der Waals surface area contributed by atoms with Gasteiger partial charge in [0.1, 0.15) is 23.3 Å². The molecule has 3 aromatic rings. The zero-order chi connectivity index (χ0) is 15.6. The van der Waals surface area contributed by atoms with Gasteiger partial charge in [-0.1, -0.05) is 12.1 Å². The van der Waals surface area contributed by atoms with Crippen molar-refractivity contribution < 1.29 is 9.47 Å². The monoisotopic (exact) mass is 309 g/mol. The Kier molecular flexibility index (Phi) is 3.71. The van der Waals surface area contributed by atoms with E-state index in [-0.39, 0.29) is 6.23 Å². The molecule has 0 radical (unpaired) electrons. The number of ether oxygens (including phenoxy) is 2. The van der Waals surface area contributed by atoms with Crippen molar-refractivity contribution in [3.8, 4) is 5.75 Å². The number of hydrogen-bond donors (Lipinski definition) is 0. The van der Waals surface area contributed by atoms with Gasteiger partial charge in [-0.15, -0.1) is 0 Å². The second-order valence-corrected chi connectivity index (χ2v) is 5.74.